The van der Waals surface area contributed by atoms with Crippen LogP contribution in [0.2, 0.25) is 0 Å². The van der Waals surface area contributed by atoms with Gasteiger partial charge >= 0.3 is 0 Å². The second kappa shape index (κ2) is 12.2. The van der Waals surface area contributed by atoms with Gasteiger partial charge in [-0.1, -0.05) is 54.7 Å². The number of nitrogens with zero attached hydrogens (tertiary/aromatic N) is 7. The smallest absolute Gasteiger partial charge is 0.269 e. The van der Waals surface area contributed by atoms with Crippen molar-refractivity contribution < 1.29 is 16.8 Å². The van der Waals surface area contributed by atoms with Crippen LogP contribution in [0.25, 0.3) is 28.0 Å². The van der Waals surface area contributed by atoms with Crippen molar-refractivity contribution in [2.24, 2.45) is 0 Å². The SMILES string of the molecule is Cc1ccc(S(=O)(=O)n2ccc3c2ncc2nc(C4CCCCC4)cn23)cc1.Cc1ccc(S(=O)(=O)n2ccc3nc(N)cnc32)cc1. The van der Waals surface area contributed by atoms with E-state index in [-0.39, 0.29) is 21.3 Å². The summed E-state index contributed by atoms with van der Waals surface area (Å²) < 4.78 is 55.7. The molecule has 1 fully saturated rings. The summed E-state index contributed by atoms with van der Waals surface area (Å²) in [7, 11) is -7.38. The molecule has 5 heterocycles. The Hall–Kier alpha value is -5.08. The van der Waals surface area contributed by atoms with Gasteiger partial charge in [-0.3, -0.25) is 4.40 Å². The lowest BCUT2D eigenvalue weighted by Crippen LogP contribution is -2.12. The molecule has 8 rings (SSSR count). The van der Waals surface area contributed by atoms with E-state index in [4.69, 9.17) is 10.7 Å². The molecular weight excluding hydrogens is 649 g/mol. The zero-order valence-electron chi connectivity index (χ0n) is 26.4. The van der Waals surface area contributed by atoms with Crippen molar-refractivity contribution in [3.05, 3.63) is 108 Å². The summed E-state index contributed by atoms with van der Waals surface area (Å²) in [4.78, 5) is 17.8. The quantitative estimate of drug-likeness (QED) is 0.235. The van der Waals surface area contributed by atoms with Gasteiger partial charge in [0.2, 0.25) is 0 Å². The highest BCUT2D eigenvalue weighted by atomic mass is 32.2. The minimum absolute atomic E-state index is 0.208. The van der Waals surface area contributed by atoms with Gasteiger partial charge in [0.15, 0.2) is 16.9 Å². The molecule has 246 valence electrons. The molecule has 0 amide bonds. The number of aromatic nitrogens is 7. The third kappa shape index (κ3) is 5.70. The van der Waals surface area contributed by atoms with Crippen LogP contribution in [0.5, 0.6) is 0 Å². The van der Waals surface area contributed by atoms with Crippen LogP contribution in [0.15, 0.2) is 101 Å². The predicted molar refractivity (Wildman–Crippen MR) is 184 cm³/mol. The summed E-state index contributed by atoms with van der Waals surface area (Å²) in [6.45, 7) is 3.83. The summed E-state index contributed by atoms with van der Waals surface area (Å²) in [6.07, 6.45) is 14.2. The maximum Gasteiger partial charge on any atom is 0.269 e. The van der Waals surface area contributed by atoms with Crippen molar-refractivity contribution in [1.82, 2.24) is 32.3 Å². The van der Waals surface area contributed by atoms with Gasteiger partial charge in [-0.15, -0.1) is 0 Å². The molecule has 48 heavy (non-hydrogen) atoms. The van der Waals surface area contributed by atoms with E-state index in [2.05, 4.69) is 21.1 Å². The van der Waals surface area contributed by atoms with E-state index in [0.717, 1.165) is 32.0 Å². The van der Waals surface area contributed by atoms with Crippen LogP contribution in [-0.4, -0.2) is 49.1 Å². The molecule has 5 aromatic heterocycles. The van der Waals surface area contributed by atoms with Crippen molar-refractivity contribution in [3.8, 4) is 0 Å². The zero-order chi connectivity index (χ0) is 33.6. The first-order chi connectivity index (χ1) is 23.0. The first kappa shape index (κ1) is 31.5. The van der Waals surface area contributed by atoms with Crippen LogP contribution in [0.3, 0.4) is 0 Å². The second-order valence-corrected chi connectivity index (χ2v) is 15.7. The Kier molecular flexibility index (Phi) is 8.00. The minimum atomic E-state index is -3.70. The Morgan fingerprint density at radius 2 is 1.25 bits per heavy atom. The minimum Gasteiger partial charge on any atom is -0.382 e. The maximum absolute atomic E-state index is 13.1. The van der Waals surface area contributed by atoms with Crippen LogP contribution in [0.4, 0.5) is 5.82 Å². The highest BCUT2D eigenvalue weighted by Gasteiger charge is 2.23. The molecule has 0 unspecified atom stereocenters. The van der Waals surface area contributed by atoms with E-state index in [1.54, 1.807) is 73.1 Å². The molecule has 14 heteroatoms. The fourth-order valence-corrected chi connectivity index (χ4v) is 8.65. The Balaban J connectivity index is 0.000000161. The molecular formula is C34H34N8O4S2. The molecule has 12 nitrogen and oxygen atoms in total. The van der Waals surface area contributed by atoms with Crippen molar-refractivity contribution in [3.63, 3.8) is 0 Å². The van der Waals surface area contributed by atoms with Gasteiger partial charge in [0.25, 0.3) is 20.0 Å². The van der Waals surface area contributed by atoms with E-state index in [0.29, 0.717) is 17.1 Å². The highest BCUT2D eigenvalue weighted by molar-refractivity contribution is 7.90. The summed E-state index contributed by atoms with van der Waals surface area (Å²) in [5, 5.41) is 0. The largest absolute Gasteiger partial charge is 0.382 e. The van der Waals surface area contributed by atoms with E-state index >= 15 is 0 Å². The number of hydrogen-bond donors (Lipinski definition) is 1. The van der Waals surface area contributed by atoms with Crippen LogP contribution >= 0.6 is 0 Å². The molecule has 7 aromatic rings. The Morgan fingerprint density at radius 1 is 0.688 bits per heavy atom. The summed E-state index contributed by atoms with van der Waals surface area (Å²) in [5.41, 5.74) is 11.3. The van der Waals surface area contributed by atoms with Gasteiger partial charge in [-0.25, -0.2) is 44.7 Å². The first-order valence-electron chi connectivity index (χ1n) is 15.6. The van der Waals surface area contributed by atoms with Gasteiger partial charge in [-0.05, 0) is 63.1 Å². The molecule has 1 aliphatic rings. The Labute approximate surface area is 278 Å². The fraction of sp³-hybridized carbons (Fsp3) is 0.235. The van der Waals surface area contributed by atoms with Gasteiger partial charge in [-0.2, -0.15) is 0 Å². The van der Waals surface area contributed by atoms with Crippen molar-refractivity contribution in [2.75, 3.05) is 5.73 Å². The normalized spacial score (nSPS) is 14.4. The number of aryl methyl sites for hydroxylation is 2. The number of anilines is 1. The summed E-state index contributed by atoms with van der Waals surface area (Å²) in [6, 6.07) is 16.9. The topological polar surface area (TPSA) is 160 Å². The number of rotatable bonds is 5. The number of nitrogen functional groups attached to an aromatic ring is 1. The van der Waals surface area contributed by atoms with Gasteiger partial charge in [0.1, 0.15) is 11.3 Å². The van der Waals surface area contributed by atoms with Crippen molar-refractivity contribution in [2.45, 2.75) is 61.7 Å². The van der Waals surface area contributed by atoms with Crippen molar-refractivity contribution in [1.29, 1.82) is 0 Å². The highest BCUT2D eigenvalue weighted by Crippen LogP contribution is 2.33. The van der Waals surface area contributed by atoms with E-state index in [1.807, 2.05) is 18.2 Å². The molecule has 1 aliphatic carbocycles. The number of hydrogen-bond acceptors (Lipinski definition) is 9. The monoisotopic (exact) mass is 682 g/mol. The van der Waals surface area contributed by atoms with Crippen LogP contribution in [0, 0.1) is 13.8 Å². The van der Waals surface area contributed by atoms with Crippen LogP contribution < -0.4 is 5.73 Å². The number of nitrogens with two attached hydrogens (primary N) is 1. The lowest BCUT2D eigenvalue weighted by atomic mass is 9.87. The Bertz CT molecular complexity index is 2490. The lowest BCUT2D eigenvalue weighted by molar-refractivity contribution is 0.438. The molecule has 0 bridgehead atoms. The molecule has 2 N–H and O–H groups in total. The summed E-state index contributed by atoms with van der Waals surface area (Å²) >= 11 is 0. The molecule has 0 saturated heterocycles. The molecule has 2 aromatic carbocycles. The number of imidazole rings is 1. The van der Waals surface area contributed by atoms with E-state index in [1.165, 1.54) is 48.5 Å². The fourth-order valence-electron chi connectivity index (χ4n) is 6.06. The first-order valence-corrected chi connectivity index (χ1v) is 18.5. The van der Waals surface area contributed by atoms with E-state index < -0.39 is 20.0 Å². The van der Waals surface area contributed by atoms with Crippen LogP contribution in [0.1, 0.15) is 54.8 Å². The number of fused-ring (bicyclic) bond motifs is 4. The maximum atomic E-state index is 13.1. The molecule has 1 saturated carbocycles. The zero-order valence-corrected chi connectivity index (χ0v) is 28.1. The third-order valence-electron chi connectivity index (χ3n) is 8.67. The third-order valence-corrected chi connectivity index (χ3v) is 12.0. The van der Waals surface area contributed by atoms with E-state index in [9.17, 15) is 16.8 Å². The standard InChI is InChI=1S/C21H22N4O2S.C13H12N4O2S/c1-15-7-9-17(10-8-15)28(26,27)25-12-11-19-21(25)22-13-20-23-18(14-24(19)20)16-5-3-2-4-6-16;1-9-2-4-10(5-3-9)20(18,19)17-7-6-11-13(17)15-8-12(14)16-11/h7-14,16H,2-6H2,1H3;2-8H,1H3,(H2,14,16). The van der Waals surface area contributed by atoms with Crippen molar-refractivity contribution >= 4 is 53.8 Å². The average Bonchev–Trinajstić information content (AvgIpc) is 3.83. The predicted octanol–water partition coefficient (Wildman–Crippen LogP) is 5.84. The molecule has 0 spiro atoms. The number of benzene rings is 2. The second-order valence-electron chi connectivity index (χ2n) is 12.1. The van der Waals surface area contributed by atoms with Gasteiger partial charge in [0.05, 0.1) is 33.4 Å². The molecule has 0 radical (unpaired) electrons. The molecule has 0 aliphatic heterocycles. The molecule has 0 atom stereocenters. The Morgan fingerprint density at radius 3 is 1.88 bits per heavy atom. The van der Waals surface area contributed by atoms with Gasteiger partial charge in [0, 0.05) is 24.5 Å². The average molecular weight is 683 g/mol. The lowest BCUT2D eigenvalue weighted by Gasteiger charge is -2.19. The van der Waals surface area contributed by atoms with Crippen LogP contribution in [-0.2, 0) is 20.0 Å². The summed E-state index contributed by atoms with van der Waals surface area (Å²) in [5.74, 6) is 0.741. The van der Waals surface area contributed by atoms with Gasteiger partial charge < -0.3 is 5.73 Å².